The summed E-state index contributed by atoms with van der Waals surface area (Å²) in [6, 6.07) is 4.45. The van der Waals surface area contributed by atoms with Crippen molar-refractivity contribution in [2.45, 2.75) is 33.2 Å². The molecule has 0 bridgehead atoms. The molecule has 1 unspecified atom stereocenters. The maximum absolute atomic E-state index is 4.56. The number of H-pyrrole nitrogens is 1. The summed E-state index contributed by atoms with van der Waals surface area (Å²) in [5.74, 6) is 2.95. The Hall–Kier alpha value is -1.95. The van der Waals surface area contributed by atoms with E-state index in [1.54, 1.807) is 0 Å². The van der Waals surface area contributed by atoms with E-state index < -0.39 is 0 Å². The first kappa shape index (κ1) is 15.0. The highest BCUT2D eigenvalue weighted by atomic mass is 15.3. The monoisotopic (exact) mass is 300 g/mol. The fourth-order valence-corrected chi connectivity index (χ4v) is 2.85. The quantitative estimate of drug-likeness (QED) is 0.935. The lowest BCUT2D eigenvalue weighted by Gasteiger charge is -2.37. The molecule has 0 radical (unpaired) electrons. The van der Waals surface area contributed by atoms with Crippen molar-refractivity contribution in [2.24, 2.45) is 0 Å². The van der Waals surface area contributed by atoms with E-state index in [4.69, 9.17) is 0 Å². The minimum atomic E-state index is 0.254. The molecule has 1 atom stereocenters. The lowest BCUT2D eigenvalue weighted by atomic mass is 10.2. The van der Waals surface area contributed by atoms with Crippen molar-refractivity contribution in [2.75, 3.05) is 31.1 Å². The predicted molar refractivity (Wildman–Crippen MR) is 86.9 cm³/mol. The summed E-state index contributed by atoms with van der Waals surface area (Å²) < 4.78 is 0. The summed E-state index contributed by atoms with van der Waals surface area (Å²) in [7, 11) is 0. The van der Waals surface area contributed by atoms with Crippen LogP contribution in [0.4, 0.5) is 5.82 Å². The number of hydrogen-bond acceptors (Lipinski definition) is 5. The first-order chi connectivity index (χ1) is 10.7. The largest absolute Gasteiger partial charge is 0.354 e. The molecule has 0 aromatic carbocycles. The van der Waals surface area contributed by atoms with E-state index in [0.29, 0.717) is 0 Å². The number of rotatable bonds is 4. The van der Waals surface area contributed by atoms with Gasteiger partial charge in [-0.25, -0.2) is 9.97 Å². The fraction of sp³-hybridized carbons (Fsp3) is 0.562. The molecule has 1 aliphatic rings. The fourth-order valence-electron chi connectivity index (χ4n) is 2.85. The van der Waals surface area contributed by atoms with Gasteiger partial charge in [-0.05, 0) is 31.5 Å². The Morgan fingerprint density at radius 2 is 2.05 bits per heavy atom. The number of anilines is 1. The van der Waals surface area contributed by atoms with Gasteiger partial charge in [-0.15, -0.1) is 0 Å². The Kier molecular flexibility index (Phi) is 4.38. The molecule has 2 aromatic rings. The number of hydrogen-bond donors (Lipinski definition) is 1. The molecule has 6 nitrogen and oxygen atoms in total. The smallest absolute Gasteiger partial charge is 0.167 e. The van der Waals surface area contributed by atoms with E-state index in [0.717, 1.165) is 50.1 Å². The molecule has 0 saturated carbocycles. The molecule has 3 heterocycles. The Balaban J connectivity index is 1.61. The minimum Gasteiger partial charge on any atom is -0.354 e. The molecule has 1 fully saturated rings. The standard InChI is InChI=1S/C16H24N6/c1-4-14-18-16(20-19-14)13(3)21-7-9-22(10-8-21)15-11-12(2)5-6-17-15/h5-6,11,13H,4,7-10H2,1-3H3,(H,18,19,20). The van der Waals surface area contributed by atoms with E-state index in [1.807, 2.05) is 12.3 Å². The highest BCUT2D eigenvalue weighted by Crippen LogP contribution is 2.21. The number of aromatic nitrogens is 4. The predicted octanol–water partition coefficient (Wildman–Crippen LogP) is 1.95. The van der Waals surface area contributed by atoms with Crippen LogP contribution in [0.25, 0.3) is 0 Å². The third-order valence-electron chi connectivity index (χ3n) is 4.34. The Morgan fingerprint density at radius 3 is 2.68 bits per heavy atom. The SMILES string of the molecule is CCc1nc(C(C)N2CCN(c3cc(C)ccn3)CC2)n[nH]1. The molecule has 22 heavy (non-hydrogen) atoms. The van der Waals surface area contributed by atoms with Gasteiger partial charge >= 0.3 is 0 Å². The van der Waals surface area contributed by atoms with E-state index in [9.17, 15) is 0 Å². The zero-order chi connectivity index (χ0) is 15.5. The zero-order valence-corrected chi connectivity index (χ0v) is 13.6. The van der Waals surface area contributed by atoms with Crippen LogP contribution >= 0.6 is 0 Å². The van der Waals surface area contributed by atoms with Crippen molar-refractivity contribution in [1.82, 2.24) is 25.1 Å². The summed E-state index contributed by atoms with van der Waals surface area (Å²) in [4.78, 5) is 13.8. The molecule has 0 aliphatic carbocycles. The van der Waals surface area contributed by atoms with E-state index in [1.165, 1.54) is 5.56 Å². The molecule has 1 saturated heterocycles. The van der Waals surface area contributed by atoms with Gasteiger partial charge in [-0.2, -0.15) is 5.10 Å². The van der Waals surface area contributed by atoms with Gasteiger partial charge in [0.1, 0.15) is 11.6 Å². The lowest BCUT2D eigenvalue weighted by molar-refractivity contribution is 0.191. The molecule has 6 heteroatoms. The Labute approximate surface area is 131 Å². The van der Waals surface area contributed by atoms with E-state index in [2.05, 4.69) is 56.8 Å². The number of aromatic amines is 1. The van der Waals surface area contributed by atoms with Crippen molar-refractivity contribution in [1.29, 1.82) is 0 Å². The maximum Gasteiger partial charge on any atom is 0.167 e. The highest BCUT2D eigenvalue weighted by Gasteiger charge is 2.25. The first-order valence-corrected chi connectivity index (χ1v) is 8.00. The number of pyridine rings is 1. The highest BCUT2D eigenvalue weighted by molar-refractivity contribution is 5.41. The van der Waals surface area contributed by atoms with Crippen LogP contribution < -0.4 is 4.90 Å². The summed E-state index contributed by atoms with van der Waals surface area (Å²) >= 11 is 0. The van der Waals surface area contributed by atoms with Crippen molar-refractivity contribution >= 4 is 5.82 Å². The van der Waals surface area contributed by atoms with Crippen LogP contribution in [-0.4, -0.2) is 51.2 Å². The number of piperazine rings is 1. The van der Waals surface area contributed by atoms with Gasteiger partial charge in [-0.3, -0.25) is 10.00 Å². The van der Waals surface area contributed by atoms with Crippen LogP contribution in [0.5, 0.6) is 0 Å². The van der Waals surface area contributed by atoms with Crippen molar-refractivity contribution < 1.29 is 0 Å². The zero-order valence-electron chi connectivity index (χ0n) is 13.6. The van der Waals surface area contributed by atoms with Crippen molar-refractivity contribution in [3.63, 3.8) is 0 Å². The topological polar surface area (TPSA) is 60.9 Å². The molecule has 1 aliphatic heterocycles. The van der Waals surface area contributed by atoms with Gasteiger partial charge in [0.25, 0.3) is 0 Å². The van der Waals surface area contributed by atoms with Crippen LogP contribution in [0.15, 0.2) is 18.3 Å². The molecule has 118 valence electrons. The third-order valence-corrected chi connectivity index (χ3v) is 4.34. The van der Waals surface area contributed by atoms with Crippen LogP contribution in [0, 0.1) is 6.92 Å². The third kappa shape index (κ3) is 3.11. The Bertz CT molecular complexity index is 615. The van der Waals surface area contributed by atoms with Crippen molar-refractivity contribution in [3.05, 3.63) is 35.5 Å². The molecular weight excluding hydrogens is 276 g/mol. The van der Waals surface area contributed by atoms with E-state index >= 15 is 0 Å². The first-order valence-electron chi connectivity index (χ1n) is 8.00. The average Bonchev–Trinajstić information content (AvgIpc) is 3.03. The van der Waals surface area contributed by atoms with Gasteiger partial charge in [-0.1, -0.05) is 6.92 Å². The average molecular weight is 300 g/mol. The second kappa shape index (κ2) is 6.44. The number of nitrogens with one attached hydrogen (secondary N) is 1. The van der Waals surface area contributed by atoms with Crippen LogP contribution in [0.3, 0.4) is 0 Å². The van der Waals surface area contributed by atoms with Crippen LogP contribution in [0.1, 0.15) is 37.1 Å². The van der Waals surface area contributed by atoms with Crippen LogP contribution in [-0.2, 0) is 6.42 Å². The molecule has 0 spiro atoms. The van der Waals surface area contributed by atoms with Gasteiger partial charge in [0.05, 0.1) is 6.04 Å². The van der Waals surface area contributed by atoms with Gasteiger partial charge in [0.15, 0.2) is 5.82 Å². The summed E-state index contributed by atoms with van der Waals surface area (Å²) in [6.07, 6.45) is 2.78. The van der Waals surface area contributed by atoms with Gasteiger partial charge in [0, 0.05) is 38.8 Å². The van der Waals surface area contributed by atoms with Gasteiger partial charge < -0.3 is 4.90 Å². The molecule has 1 N–H and O–H groups in total. The number of aryl methyl sites for hydroxylation is 2. The van der Waals surface area contributed by atoms with Gasteiger partial charge in [0.2, 0.25) is 0 Å². The minimum absolute atomic E-state index is 0.254. The molecule has 3 rings (SSSR count). The van der Waals surface area contributed by atoms with Crippen molar-refractivity contribution in [3.8, 4) is 0 Å². The molecule has 2 aromatic heterocycles. The molecule has 0 amide bonds. The van der Waals surface area contributed by atoms with E-state index in [-0.39, 0.29) is 6.04 Å². The maximum atomic E-state index is 4.56. The summed E-state index contributed by atoms with van der Waals surface area (Å²) in [6.45, 7) is 10.4. The summed E-state index contributed by atoms with van der Waals surface area (Å²) in [5.41, 5.74) is 1.26. The lowest BCUT2D eigenvalue weighted by Crippen LogP contribution is -2.47. The second-order valence-electron chi connectivity index (χ2n) is 5.88. The normalized spacial score (nSPS) is 17.7. The number of nitrogens with zero attached hydrogens (tertiary/aromatic N) is 5. The Morgan fingerprint density at radius 1 is 1.27 bits per heavy atom. The molecular formula is C16H24N6. The second-order valence-corrected chi connectivity index (χ2v) is 5.88. The summed E-state index contributed by atoms with van der Waals surface area (Å²) in [5, 5.41) is 7.36. The van der Waals surface area contributed by atoms with Crippen LogP contribution in [0.2, 0.25) is 0 Å².